The third kappa shape index (κ3) is 3.46. The minimum Gasteiger partial charge on any atom is -0.497 e. The summed E-state index contributed by atoms with van der Waals surface area (Å²) in [5, 5.41) is 13.1. The number of ether oxygens (including phenoxy) is 1. The van der Waals surface area contributed by atoms with Crippen LogP contribution in [0.15, 0.2) is 72.8 Å². The van der Waals surface area contributed by atoms with Crippen LogP contribution in [0.2, 0.25) is 5.02 Å². The molecule has 2 saturated heterocycles. The topological polar surface area (TPSA) is 102 Å². The van der Waals surface area contributed by atoms with Crippen LogP contribution < -0.4 is 14.7 Å². The average Bonchev–Trinajstić information content (AvgIpc) is 3.35. The van der Waals surface area contributed by atoms with Crippen molar-refractivity contribution >= 4 is 40.5 Å². The van der Waals surface area contributed by atoms with E-state index in [1.807, 2.05) is 6.07 Å². The summed E-state index contributed by atoms with van der Waals surface area (Å²) in [5.41, 5.74) is 1.07. The highest BCUT2D eigenvalue weighted by atomic mass is 35.5. The highest BCUT2D eigenvalue weighted by Crippen LogP contribution is 2.49. The number of nitro groups is 1. The summed E-state index contributed by atoms with van der Waals surface area (Å²) in [6.45, 7) is 0. The zero-order valence-electron chi connectivity index (χ0n) is 17.8. The number of halogens is 1. The first-order chi connectivity index (χ1) is 16.4. The summed E-state index contributed by atoms with van der Waals surface area (Å²) in [7, 11) is 1.49. The summed E-state index contributed by atoms with van der Waals surface area (Å²) < 4.78 is 5.23. The van der Waals surface area contributed by atoms with Crippen LogP contribution in [0.3, 0.4) is 0 Å². The van der Waals surface area contributed by atoms with E-state index in [2.05, 4.69) is 0 Å². The van der Waals surface area contributed by atoms with Crippen molar-refractivity contribution in [2.45, 2.75) is 12.1 Å². The Hall–Kier alpha value is -3.95. The van der Waals surface area contributed by atoms with Crippen LogP contribution in [0.4, 0.5) is 17.1 Å². The van der Waals surface area contributed by atoms with Gasteiger partial charge in [-0.25, -0.2) is 9.96 Å². The van der Waals surface area contributed by atoms with Gasteiger partial charge in [0.1, 0.15) is 11.7 Å². The van der Waals surface area contributed by atoms with E-state index < -0.39 is 34.8 Å². The second-order valence-electron chi connectivity index (χ2n) is 7.83. The maximum Gasteiger partial charge on any atom is 0.269 e. The number of methoxy groups -OCH3 is 1. The molecule has 3 aromatic carbocycles. The molecule has 2 fully saturated rings. The van der Waals surface area contributed by atoms with E-state index in [0.29, 0.717) is 22.7 Å². The van der Waals surface area contributed by atoms with Crippen molar-refractivity contribution in [2.24, 2.45) is 5.92 Å². The Morgan fingerprint density at radius 2 is 1.71 bits per heavy atom. The van der Waals surface area contributed by atoms with Gasteiger partial charge in [0.2, 0.25) is 5.91 Å². The number of carbonyl (C=O) groups excluding carboxylic acids is 2. The van der Waals surface area contributed by atoms with Gasteiger partial charge in [0.25, 0.3) is 11.6 Å². The number of hydrogen-bond donors (Lipinski definition) is 0. The van der Waals surface area contributed by atoms with E-state index in [-0.39, 0.29) is 10.7 Å². The second kappa shape index (κ2) is 8.44. The molecule has 0 N–H and O–H groups in total. The number of imide groups is 1. The molecule has 0 bridgehead atoms. The van der Waals surface area contributed by atoms with Crippen molar-refractivity contribution in [2.75, 3.05) is 17.1 Å². The summed E-state index contributed by atoms with van der Waals surface area (Å²) in [6, 6.07) is 18.6. The van der Waals surface area contributed by atoms with Crippen molar-refractivity contribution in [1.29, 1.82) is 0 Å². The first-order valence-corrected chi connectivity index (χ1v) is 10.8. The molecule has 0 unspecified atom stereocenters. The monoisotopic (exact) mass is 479 g/mol. The van der Waals surface area contributed by atoms with Gasteiger partial charge in [0.15, 0.2) is 6.10 Å². The molecule has 2 aliphatic rings. The lowest BCUT2D eigenvalue weighted by molar-refractivity contribution is -0.384. The fourth-order valence-electron chi connectivity index (χ4n) is 4.40. The number of fused-ring (bicyclic) bond motifs is 1. The largest absolute Gasteiger partial charge is 0.497 e. The second-order valence-corrected chi connectivity index (χ2v) is 8.24. The summed E-state index contributed by atoms with van der Waals surface area (Å²) >= 11 is 6.47. The molecule has 2 amide bonds. The maximum absolute atomic E-state index is 13.7. The van der Waals surface area contributed by atoms with Gasteiger partial charge in [-0.1, -0.05) is 35.9 Å². The van der Waals surface area contributed by atoms with Crippen LogP contribution in [-0.4, -0.2) is 30.0 Å². The highest BCUT2D eigenvalue weighted by molar-refractivity contribution is 6.31. The third-order valence-corrected chi connectivity index (χ3v) is 6.29. The van der Waals surface area contributed by atoms with Gasteiger partial charge in [-0.15, -0.1) is 0 Å². The Morgan fingerprint density at radius 1 is 0.971 bits per heavy atom. The number of carbonyl (C=O) groups is 2. The molecular formula is C24H18ClN3O6. The van der Waals surface area contributed by atoms with Crippen molar-refractivity contribution in [3.63, 3.8) is 0 Å². The van der Waals surface area contributed by atoms with Crippen LogP contribution in [0, 0.1) is 16.0 Å². The first-order valence-electron chi connectivity index (χ1n) is 10.4. The van der Waals surface area contributed by atoms with Crippen molar-refractivity contribution in [3.8, 4) is 5.75 Å². The number of benzene rings is 3. The van der Waals surface area contributed by atoms with Gasteiger partial charge in [0.05, 0.1) is 29.4 Å². The number of nitro benzene ring substituents is 1. The van der Waals surface area contributed by atoms with Crippen LogP contribution in [0.5, 0.6) is 5.75 Å². The zero-order valence-corrected chi connectivity index (χ0v) is 18.6. The van der Waals surface area contributed by atoms with E-state index in [9.17, 15) is 19.7 Å². The molecule has 0 spiro atoms. The quantitative estimate of drug-likeness (QED) is 0.305. The normalized spacial score (nSPS) is 21.6. The molecule has 9 nitrogen and oxygen atoms in total. The van der Waals surface area contributed by atoms with Gasteiger partial charge in [0, 0.05) is 28.8 Å². The SMILES string of the molecule is COc1cccc(N2C(=O)[C@@H]3[C@@H](ON(c4ccccc4)[C@H]3c3cc([N+](=O)[O-])ccc3Cl)C2=O)c1. The predicted molar refractivity (Wildman–Crippen MR) is 124 cm³/mol. The molecule has 2 heterocycles. The van der Waals surface area contributed by atoms with Crippen LogP contribution >= 0.6 is 11.6 Å². The minimum atomic E-state index is -1.13. The Balaban J connectivity index is 1.63. The Kier molecular flexibility index (Phi) is 5.43. The molecule has 0 aromatic heterocycles. The fraction of sp³-hybridized carbons (Fsp3) is 0.167. The Bertz CT molecular complexity index is 1300. The van der Waals surface area contributed by atoms with Gasteiger partial charge in [-0.2, -0.15) is 0 Å². The Morgan fingerprint density at radius 3 is 2.41 bits per heavy atom. The smallest absolute Gasteiger partial charge is 0.269 e. The lowest BCUT2D eigenvalue weighted by Crippen LogP contribution is -2.37. The number of rotatable bonds is 5. The van der Waals surface area contributed by atoms with E-state index in [0.717, 1.165) is 4.90 Å². The molecule has 0 saturated carbocycles. The van der Waals surface area contributed by atoms with Gasteiger partial charge in [-0.3, -0.25) is 24.5 Å². The molecule has 172 valence electrons. The lowest BCUT2D eigenvalue weighted by atomic mass is 9.90. The maximum atomic E-state index is 13.7. The number of hydrogen-bond acceptors (Lipinski definition) is 7. The molecule has 5 rings (SSSR count). The molecule has 0 aliphatic carbocycles. The fourth-order valence-corrected chi connectivity index (χ4v) is 4.63. The zero-order chi connectivity index (χ0) is 24.0. The highest BCUT2D eigenvalue weighted by Gasteiger charge is 2.60. The minimum absolute atomic E-state index is 0.183. The van der Waals surface area contributed by atoms with Crippen molar-refractivity contribution in [3.05, 3.63) is 93.5 Å². The van der Waals surface area contributed by atoms with Crippen LogP contribution in [0.1, 0.15) is 11.6 Å². The molecule has 0 radical (unpaired) electrons. The summed E-state index contributed by atoms with van der Waals surface area (Å²) in [4.78, 5) is 45.1. The Labute approximate surface area is 199 Å². The average molecular weight is 480 g/mol. The third-order valence-electron chi connectivity index (χ3n) is 5.95. The number of non-ortho nitro benzene ring substituents is 1. The molecule has 3 aromatic rings. The van der Waals surface area contributed by atoms with Crippen LogP contribution in [-0.2, 0) is 14.4 Å². The molecule has 10 heteroatoms. The molecule has 34 heavy (non-hydrogen) atoms. The summed E-state index contributed by atoms with van der Waals surface area (Å²) in [6.07, 6.45) is -1.13. The molecular weight excluding hydrogens is 462 g/mol. The van der Waals surface area contributed by atoms with Gasteiger partial charge in [-0.05, 0) is 30.3 Å². The van der Waals surface area contributed by atoms with E-state index in [1.54, 1.807) is 48.5 Å². The van der Waals surface area contributed by atoms with E-state index in [1.165, 1.54) is 30.4 Å². The first kappa shape index (κ1) is 21.9. The standard InChI is InChI=1S/C24H18ClN3O6/c1-33-17-9-5-8-15(12-17)26-23(29)20-21(18-13-16(28(31)32)10-11-19(18)25)27(34-22(20)24(26)30)14-6-3-2-4-7-14/h2-13,20-22H,1H3/t20-,21-,22+/m0/s1. The predicted octanol–water partition coefficient (Wildman–Crippen LogP) is 4.31. The van der Waals surface area contributed by atoms with Crippen LogP contribution in [0.25, 0.3) is 0 Å². The number of amides is 2. The number of anilines is 2. The number of para-hydroxylation sites is 1. The van der Waals surface area contributed by atoms with E-state index in [4.69, 9.17) is 21.2 Å². The number of hydroxylamine groups is 1. The van der Waals surface area contributed by atoms with Crippen molar-refractivity contribution < 1.29 is 24.1 Å². The summed E-state index contributed by atoms with van der Waals surface area (Å²) in [5.74, 6) is -1.51. The van der Waals surface area contributed by atoms with Gasteiger partial charge >= 0.3 is 0 Å². The molecule has 3 atom stereocenters. The van der Waals surface area contributed by atoms with Crippen molar-refractivity contribution in [1.82, 2.24) is 0 Å². The van der Waals surface area contributed by atoms with Gasteiger partial charge < -0.3 is 4.74 Å². The lowest BCUT2D eigenvalue weighted by Gasteiger charge is -2.29. The number of nitrogens with zero attached hydrogens (tertiary/aromatic N) is 3. The molecule has 2 aliphatic heterocycles. The van der Waals surface area contributed by atoms with E-state index >= 15 is 0 Å².